The van der Waals surface area contributed by atoms with Crippen molar-refractivity contribution in [2.24, 2.45) is 0 Å². The Morgan fingerprint density at radius 1 is 1.43 bits per heavy atom. The largest absolute Gasteiger partial charge is 0.355 e. The normalized spacial score (nSPS) is 18.5. The fraction of sp³-hybridized carbons (Fsp3) is 0.500. The third kappa shape index (κ3) is 5.71. The minimum atomic E-state index is -0.349. The van der Waals surface area contributed by atoms with Gasteiger partial charge in [-0.2, -0.15) is 0 Å². The Balaban J connectivity index is 1.70. The minimum Gasteiger partial charge on any atom is -0.355 e. The highest BCUT2D eigenvalue weighted by Gasteiger charge is 2.30. The van der Waals surface area contributed by atoms with Crippen molar-refractivity contribution in [1.82, 2.24) is 15.5 Å². The van der Waals surface area contributed by atoms with Crippen LogP contribution in [0.5, 0.6) is 0 Å². The van der Waals surface area contributed by atoms with Gasteiger partial charge in [-0.15, -0.1) is 11.8 Å². The standard InChI is InChI=1S/C16H22ClN3O2S/c1-2-20-9-7-19-16(22)14(20)11-15(21)18-8-10-23-13-5-3-12(17)4-6-13/h3-6,14H,2,7-11H2,1H3,(H,18,21)(H,19,22)/t14-/m1/s1. The molecule has 0 saturated carbocycles. The third-order valence-electron chi connectivity index (χ3n) is 3.73. The van der Waals surface area contributed by atoms with Crippen molar-refractivity contribution in [2.75, 3.05) is 31.9 Å². The lowest BCUT2D eigenvalue weighted by Gasteiger charge is -2.33. The summed E-state index contributed by atoms with van der Waals surface area (Å²) in [6.07, 6.45) is 0.214. The summed E-state index contributed by atoms with van der Waals surface area (Å²) < 4.78 is 0. The van der Waals surface area contributed by atoms with Crippen molar-refractivity contribution in [3.05, 3.63) is 29.3 Å². The van der Waals surface area contributed by atoms with E-state index in [0.29, 0.717) is 18.1 Å². The molecule has 1 atom stereocenters. The molecular formula is C16H22ClN3O2S. The van der Waals surface area contributed by atoms with Crippen molar-refractivity contribution in [1.29, 1.82) is 0 Å². The second-order valence-corrected chi connectivity index (χ2v) is 6.90. The summed E-state index contributed by atoms with van der Waals surface area (Å²) in [6.45, 7) is 4.81. The molecule has 0 unspecified atom stereocenters. The number of nitrogens with one attached hydrogen (secondary N) is 2. The first-order chi connectivity index (χ1) is 11.1. The molecule has 0 aliphatic carbocycles. The van der Waals surface area contributed by atoms with Gasteiger partial charge < -0.3 is 10.6 Å². The smallest absolute Gasteiger partial charge is 0.237 e. The summed E-state index contributed by atoms with van der Waals surface area (Å²) in [5.74, 6) is 0.646. The zero-order chi connectivity index (χ0) is 16.7. The van der Waals surface area contributed by atoms with Crippen molar-refractivity contribution in [3.8, 4) is 0 Å². The highest BCUT2D eigenvalue weighted by molar-refractivity contribution is 7.99. The van der Waals surface area contributed by atoms with Crippen LogP contribution in [0.15, 0.2) is 29.2 Å². The van der Waals surface area contributed by atoms with Gasteiger partial charge >= 0.3 is 0 Å². The van der Waals surface area contributed by atoms with Crippen molar-refractivity contribution < 1.29 is 9.59 Å². The van der Waals surface area contributed by atoms with E-state index < -0.39 is 0 Å². The van der Waals surface area contributed by atoms with Gasteiger partial charge in [-0.05, 0) is 30.8 Å². The Morgan fingerprint density at radius 2 is 2.17 bits per heavy atom. The Kier molecular flexibility index (Phi) is 7.20. The van der Waals surface area contributed by atoms with Gasteiger partial charge in [-0.25, -0.2) is 0 Å². The number of carbonyl (C=O) groups is 2. The zero-order valence-electron chi connectivity index (χ0n) is 13.2. The summed E-state index contributed by atoms with van der Waals surface area (Å²) in [5.41, 5.74) is 0. The number of hydrogen-bond acceptors (Lipinski definition) is 4. The van der Waals surface area contributed by atoms with Crippen LogP contribution < -0.4 is 10.6 Å². The van der Waals surface area contributed by atoms with E-state index in [1.807, 2.05) is 36.1 Å². The molecule has 2 amide bonds. The van der Waals surface area contributed by atoms with E-state index >= 15 is 0 Å². The molecule has 2 N–H and O–H groups in total. The molecule has 126 valence electrons. The van der Waals surface area contributed by atoms with E-state index in [1.54, 1.807) is 11.8 Å². The molecule has 0 bridgehead atoms. The lowest BCUT2D eigenvalue weighted by atomic mass is 10.1. The molecule has 0 spiro atoms. The molecule has 0 radical (unpaired) electrons. The Morgan fingerprint density at radius 3 is 2.87 bits per heavy atom. The monoisotopic (exact) mass is 355 g/mol. The van der Waals surface area contributed by atoms with Crippen molar-refractivity contribution in [3.63, 3.8) is 0 Å². The number of rotatable bonds is 7. The van der Waals surface area contributed by atoms with Crippen LogP contribution in [-0.4, -0.2) is 54.7 Å². The quantitative estimate of drug-likeness (QED) is 0.578. The molecule has 5 nitrogen and oxygen atoms in total. The second kappa shape index (κ2) is 9.15. The van der Waals surface area contributed by atoms with Gasteiger partial charge in [-0.1, -0.05) is 18.5 Å². The maximum atomic E-state index is 12.0. The van der Waals surface area contributed by atoms with E-state index in [0.717, 1.165) is 23.7 Å². The van der Waals surface area contributed by atoms with Crippen LogP contribution >= 0.6 is 23.4 Å². The molecule has 0 aromatic heterocycles. The number of amides is 2. The average Bonchev–Trinajstić information content (AvgIpc) is 2.55. The maximum absolute atomic E-state index is 12.0. The number of likely N-dealkylation sites (N-methyl/N-ethyl adjacent to an activating group) is 1. The van der Waals surface area contributed by atoms with Crippen LogP contribution in [0.4, 0.5) is 0 Å². The van der Waals surface area contributed by atoms with Gasteiger partial charge in [0.05, 0.1) is 12.5 Å². The minimum absolute atomic E-state index is 0.0520. The summed E-state index contributed by atoms with van der Waals surface area (Å²) in [7, 11) is 0. The summed E-state index contributed by atoms with van der Waals surface area (Å²) >= 11 is 7.50. The molecular weight excluding hydrogens is 334 g/mol. The third-order valence-corrected chi connectivity index (χ3v) is 5.00. The van der Waals surface area contributed by atoms with E-state index in [4.69, 9.17) is 11.6 Å². The number of hydrogen-bond donors (Lipinski definition) is 2. The maximum Gasteiger partial charge on any atom is 0.237 e. The number of thioether (sulfide) groups is 1. The Bertz CT molecular complexity index is 539. The predicted octanol–water partition coefficient (Wildman–Crippen LogP) is 1.76. The van der Waals surface area contributed by atoms with E-state index in [-0.39, 0.29) is 24.3 Å². The lowest BCUT2D eigenvalue weighted by molar-refractivity contribution is -0.133. The highest BCUT2D eigenvalue weighted by atomic mass is 35.5. The van der Waals surface area contributed by atoms with Crippen LogP contribution in [0.25, 0.3) is 0 Å². The molecule has 23 heavy (non-hydrogen) atoms. The van der Waals surface area contributed by atoms with Crippen LogP contribution in [0.3, 0.4) is 0 Å². The number of nitrogens with zero attached hydrogens (tertiary/aromatic N) is 1. The molecule has 2 rings (SSSR count). The number of carbonyl (C=O) groups excluding carboxylic acids is 2. The van der Waals surface area contributed by atoms with Crippen LogP contribution in [0.1, 0.15) is 13.3 Å². The fourth-order valence-electron chi connectivity index (χ4n) is 2.50. The summed E-state index contributed by atoms with van der Waals surface area (Å²) in [6, 6.07) is 7.27. The molecule has 1 aromatic rings. The fourth-order valence-corrected chi connectivity index (χ4v) is 3.39. The molecule has 1 aromatic carbocycles. The molecule has 1 aliphatic heterocycles. The molecule has 1 heterocycles. The van der Waals surface area contributed by atoms with Gasteiger partial charge in [0.2, 0.25) is 11.8 Å². The predicted molar refractivity (Wildman–Crippen MR) is 93.8 cm³/mol. The topological polar surface area (TPSA) is 61.4 Å². The Labute approximate surface area is 146 Å². The zero-order valence-corrected chi connectivity index (χ0v) is 14.8. The summed E-state index contributed by atoms with van der Waals surface area (Å²) in [5, 5.41) is 6.42. The van der Waals surface area contributed by atoms with Crippen LogP contribution in [0, 0.1) is 0 Å². The lowest BCUT2D eigenvalue weighted by Crippen LogP contribution is -2.56. The first-order valence-electron chi connectivity index (χ1n) is 7.77. The van der Waals surface area contributed by atoms with Gasteiger partial charge in [0, 0.05) is 35.3 Å². The van der Waals surface area contributed by atoms with E-state index in [1.165, 1.54) is 0 Å². The first kappa shape index (κ1) is 18.1. The van der Waals surface area contributed by atoms with Crippen molar-refractivity contribution in [2.45, 2.75) is 24.3 Å². The Hall–Kier alpha value is -1.24. The molecule has 7 heteroatoms. The number of halogens is 1. The van der Waals surface area contributed by atoms with E-state index in [2.05, 4.69) is 10.6 Å². The molecule has 1 saturated heterocycles. The molecule has 1 fully saturated rings. The second-order valence-electron chi connectivity index (χ2n) is 5.29. The number of piperazine rings is 1. The van der Waals surface area contributed by atoms with E-state index in [9.17, 15) is 9.59 Å². The number of benzene rings is 1. The van der Waals surface area contributed by atoms with Gasteiger partial charge in [-0.3, -0.25) is 14.5 Å². The first-order valence-corrected chi connectivity index (χ1v) is 9.13. The highest BCUT2D eigenvalue weighted by Crippen LogP contribution is 2.19. The van der Waals surface area contributed by atoms with Crippen molar-refractivity contribution >= 4 is 35.2 Å². The SMILES string of the molecule is CCN1CCNC(=O)[C@H]1CC(=O)NCCSc1ccc(Cl)cc1. The van der Waals surface area contributed by atoms with Gasteiger partial charge in [0.1, 0.15) is 0 Å². The summed E-state index contributed by atoms with van der Waals surface area (Å²) in [4.78, 5) is 27.1. The van der Waals surface area contributed by atoms with Crippen LogP contribution in [0.2, 0.25) is 5.02 Å². The van der Waals surface area contributed by atoms with Gasteiger partial charge in [0.15, 0.2) is 0 Å². The average molecular weight is 356 g/mol. The molecule has 1 aliphatic rings. The van der Waals surface area contributed by atoms with Crippen LogP contribution in [-0.2, 0) is 9.59 Å². The van der Waals surface area contributed by atoms with Gasteiger partial charge in [0.25, 0.3) is 0 Å².